The summed E-state index contributed by atoms with van der Waals surface area (Å²) < 4.78 is 10.8. The average Bonchev–Trinajstić information content (AvgIpc) is 2.74. The number of thioether (sulfide) groups is 1. The second kappa shape index (κ2) is 10.4. The molecule has 0 fully saturated rings. The van der Waals surface area contributed by atoms with Crippen LogP contribution < -0.4 is 20.3 Å². The number of rotatable bonds is 10. The molecular formula is C20H22N4O3S. The van der Waals surface area contributed by atoms with E-state index in [2.05, 4.69) is 20.3 Å². The number of aromatic nitrogens is 3. The third kappa shape index (κ3) is 5.75. The third-order valence-electron chi connectivity index (χ3n) is 3.85. The van der Waals surface area contributed by atoms with Gasteiger partial charge in [-0.2, -0.15) is 11.8 Å². The van der Waals surface area contributed by atoms with E-state index in [1.165, 1.54) is 6.20 Å². The minimum Gasteiger partial charge on any atom is -0.495 e. The maximum absolute atomic E-state index is 12.1. The summed E-state index contributed by atoms with van der Waals surface area (Å²) in [5.41, 5.74) is 1.60. The molecule has 3 aromatic rings. The number of pyridine rings is 1. The first-order chi connectivity index (χ1) is 13.8. The maximum atomic E-state index is 12.1. The standard InChI is InChI=1S/C20H22N4O3S/c1-26-17-8-5-9-21-16(17)14-28-11-10-22-20-23-12-18(19(25)24-20)27-13-15-6-3-2-4-7-15/h2-9,12H,10-11,13-14H2,1H3,(H2,22,23,24,25). The van der Waals surface area contributed by atoms with Crippen LogP contribution in [0, 0.1) is 0 Å². The molecule has 1 aromatic carbocycles. The van der Waals surface area contributed by atoms with Crippen molar-refractivity contribution in [2.24, 2.45) is 0 Å². The van der Waals surface area contributed by atoms with E-state index in [1.807, 2.05) is 42.5 Å². The van der Waals surface area contributed by atoms with E-state index in [1.54, 1.807) is 25.1 Å². The van der Waals surface area contributed by atoms with E-state index in [0.717, 1.165) is 28.5 Å². The van der Waals surface area contributed by atoms with Crippen LogP contribution in [0.2, 0.25) is 0 Å². The number of hydrogen-bond donors (Lipinski definition) is 2. The Balaban J connectivity index is 1.42. The zero-order valence-electron chi connectivity index (χ0n) is 15.6. The van der Waals surface area contributed by atoms with E-state index in [4.69, 9.17) is 9.47 Å². The molecule has 146 valence electrons. The topological polar surface area (TPSA) is 89.1 Å². The SMILES string of the molecule is COc1cccnc1CSCCNc1ncc(OCc2ccccc2)c(=O)[nH]1. The fourth-order valence-corrected chi connectivity index (χ4v) is 3.24. The Bertz CT molecular complexity index is 934. The molecule has 28 heavy (non-hydrogen) atoms. The van der Waals surface area contributed by atoms with Gasteiger partial charge in [-0.1, -0.05) is 30.3 Å². The van der Waals surface area contributed by atoms with Gasteiger partial charge in [-0.3, -0.25) is 14.8 Å². The van der Waals surface area contributed by atoms with Crippen LogP contribution in [0.25, 0.3) is 0 Å². The van der Waals surface area contributed by atoms with Crippen LogP contribution in [0.5, 0.6) is 11.5 Å². The normalized spacial score (nSPS) is 10.5. The molecular weight excluding hydrogens is 376 g/mol. The lowest BCUT2D eigenvalue weighted by molar-refractivity contribution is 0.300. The fraction of sp³-hybridized carbons (Fsp3) is 0.250. The van der Waals surface area contributed by atoms with Gasteiger partial charge in [-0.15, -0.1) is 0 Å². The molecule has 2 aromatic heterocycles. The minimum atomic E-state index is -0.306. The maximum Gasteiger partial charge on any atom is 0.294 e. The number of H-pyrrole nitrogens is 1. The van der Waals surface area contributed by atoms with Gasteiger partial charge in [0.05, 0.1) is 19.0 Å². The van der Waals surface area contributed by atoms with Gasteiger partial charge in [0.2, 0.25) is 11.7 Å². The molecule has 2 heterocycles. The number of benzene rings is 1. The van der Waals surface area contributed by atoms with Crippen LogP contribution in [0.1, 0.15) is 11.3 Å². The molecule has 0 aliphatic carbocycles. The summed E-state index contributed by atoms with van der Waals surface area (Å²) in [5, 5.41) is 3.11. The Morgan fingerprint density at radius 3 is 2.75 bits per heavy atom. The third-order valence-corrected chi connectivity index (χ3v) is 4.82. The molecule has 0 atom stereocenters. The lowest BCUT2D eigenvalue weighted by Gasteiger charge is -2.08. The molecule has 0 unspecified atom stereocenters. The summed E-state index contributed by atoms with van der Waals surface area (Å²) in [6, 6.07) is 13.4. The second-order valence-electron chi connectivity index (χ2n) is 5.83. The summed E-state index contributed by atoms with van der Waals surface area (Å²) in [4.78, 5) is 23.3. The molecule has 0 amide bonds. The predicted molar refractivity (Wildman–Crippen MR) is 111 cm³/mol. The molecule has 0 radical (unpaired) electrons. The van der Waals surface area contributed by atoms with Crippen molar-refractivity contribution in [1.82, 2.24) is 15.0 Å². The highest BCUT2D eigenvalue weighted by Gasteiger charge is 2.05. The minimum absolute atomic E-state index is 0.200. The summed E-state index contributed by atoms with van der Waals surface area (Å²) in [6.07, 6.45) is 3.20. The van der Waals surface area contributed by atoms with Crippen molar-refractivity contribution in [3.8, 4) is 11.5 Å². The Morgan fingerprint density at radius 2 is 1.96 bits per heavy atom. The smallest absolute Gasteiger partial charge is 0.294 e. The van der Waals surface area contributed by atoms with E-state index in [-0.39, 0.29) is 11.3 Å². The van der Waals surface area contributed by atoms with Crippen LogP contribution in [0.15, 0.2) is 59.7 Å². The van der Waals surface area contributed by atoms with E-state index in [0.29, 0.717) is 19.1 Å². The molecule has 0 bridgehead atoms. The molecule has 0 spiro atoms. The molecule has 8 heteroatoms. The van der Waals surface area contributed by atoms with Crippen LogP contribution in [-0.4, -0.2) is 34.4 Å². The van der Waals surface area contributed by atoms with Gasteiger partial charge in [0.15, 0.2) is 0 Å². The summed E-state index contributed by atoms with van der Waals surface area (Å²) >= 11 is 1.72. The van der Waals surface area contributed by atoms with E-state index in [9.17, 15) is 4.79 Å². The van der Waals surface area contributed by atoms with Crippen LogP contribution in [0.3, 0.4) is 0 Å². The van der Waals surface area contributed by atoms with Gasteiger partial charge >= 0.3 is 0 Å². The second-order valence-corrected chi connectivity index (χ2v) is 6.94. The number of hydrogen-bond acceptors (Lipinski definition) is 7. The predicted octanol–water partition coefficient (Wildman–Crippen LogP) is 3.10. The quantitative estimate of drug-likeness (QED) is 0.507. The lowest BCUT2D eigenvalue weighted by atomic mass is 10.2. The van der Waals surface area contributed by atoms with E-state index < -0.39 is 0 Å². The highest BCUT2D eigenvalue weighted by molar-refractivity contribution is 7.98. The van der Waals surface area contributed by atoms with Crippen molar-refractivity contribution in [3.05, 3.63) is 76.5 Å². The number of aromatic amines is 1. The van der Waals surface area contributed by atoms with Crippen molar-refractivity contribution in [2.45, 2.75) is 12.4 Å². The zero-order chi connectivity index (χ0) is 19.6. The van der Waals surface area contributed by atoms with Crippen molar-refractivity contribution >= 4 is 17.7 Å². The van der Waals surface area contributed by atoms with Crippen molar-refractivity contribution in [2.75, 3.05) is 24.7 Å². The lowest BCUT2D eigenvalue weighted by Crippen LogP contribution is -2.16. The molecule has 3 rings (SSSR count). The first-order valence-corrected chi connectivity index (χ1v) is 9.97. The Kier molecular flexibility index (Phi) is 7.31. The van der Waals surface area contributed by atoms with Crippen molar-refractivity contribution in [3.63, 3.8) is 0 Å². The number of nitrogens with zero attached hydrogens (tertiary/aromatic N) is 2. The summed E-state index contributed by atoms with van der Waals surface area (Å²) in [7, 11) is 1.64. The Hall–Kier alpha value is -3.00. The summed E-state index contributed by atoms with van der Waals surface area (Å²) in [5.74, 6) is 3.00. The van der Waals surface area contributed by atoms with Crippen LogP contribution >= 0.6 is 11.8 Å². The Morgan fingerprint density at radius 1 is 1.11 bits per heavy atom. The first kappa shape index (κ1) is 19.8. The van der Waals surface area contributed by atoms with Gasteiger partial charge in [0.1, 0.15) is 12.4 Å². The molecule has 0 saturated carbocycles. The fourth-order valence-electron chi connectivity index (χ4n) is 2.44. The number of ether oxygens (including phenoxy) is 2. The van der Waals surface area contributed by atoms with Gasteiger partial charge in [0, 0.05) is 24.2 Å². The largest absolute Gasteiger partial charge is 0.495 e. The summed E-state index contributed by atoms with van der Waals surface area (Å²) in [6.45, 7) is 0.985. The van der Waals surface area contributed by atoms with Crippen LogP contribution in [-0.2, 0) is 12.4 Å². The average molecular weight is 398 g/mol. The number of nitrogens with one attached hydrogen (secondary N) is 2. The number of anilines is 1. The van der Waals surface area contributed by atoms with E-state index >= 15 is 0 Å². The van der Waals surface area contributed by atoms with Crippen molar-refractivity contribution in [1.29, 1.82) is 0 Å². The molecule has 7 nitrogen and oxygen atoms in total. The molecule has 0 aliphatic heterocycles. The zero-order valence-corrected chi connectivity index (χ0v) is 16.4. The Labute approximate surface area is 167 Å². The van der Waals surface area contributed by atoms with Gasteiger partial charge < -0.3 is 14.8 Å². The van der Waals surface area contributed by atoms with Crippen molar-refractivity contribution < 1.29 is 9.47 Å². The van der Waals surface area contributed by atoms with Crippen LogP contribution in [0.4, 0.5) is 5.95 Å². The molecule has 2 N–H and O–H groups in total. The monoisotopic (exact) mass is 398 g/mol. The van der Waals surface area contributed by atoms with Gasteiger partial charge in [0.25, 0.3) is 5.56 Å². The van der Waals surface area contributed by atoms with Gasteiger partial charge in [-0.05, 0) is 17.7 Å². The first-order valence-electron chi connectivity index (χ1n) is 8.82. The molecule has 0 saturated heterocycles. The number of methoxy groups -OCH3 is 1. The molecule has 0 aliphatic rings. The highest BCUT2D eigenvalue weighted by atomic mass is 32.2. The highest BCUT2D eigenvalue weighted by Crippen LogP contribution is 2.20. The van der Waals surface area contributed by atoms with Gasteiger partial charge in [-0.25, -0.2) is 4.98 Å².